The molecular formula is C20H24Cl2N2O3S. The molecule has 1 N–H and O–H groups in total. The highest BCUT2D eigenvalue weighted by Gasteiger charge is 2.36. The summed E-state index contributed by atoms with van der Waals surface area (Å²) in [6.07, 6.45) is 1.61. The van der Waals surface area contributed by atoms with Crippen molar-refractivity contribution in [2.24, 2.45) is 0 Å². The highest BCUT2D eigenvalue weighted by Crippen LogP contribution is 2.39. The number of halogens is 2. The number of amides is 1. The molecule has 1 aromatic carbocycles. The Labute approximate surface area is 179 Å². The van der Waals surface area contributed by atoms with Crippen LogP contribution in [0.2, 0.25) is 10.0 Å². The number of thioether (sulfide) groups is 1. The van der Waals surface area contributed by atoms with Crippen LogP contribution in [0.3, 0.4) is 0 Å². The molecular weight excluding hydrogens is 419 g/mol. The lowest BCUT2D eigenvalue weighted by Crippen LogP contribution is -2.45. The van der Waals surface area contributed by atoms with E-state index in [0.29, 0.717) is 41.3 Å². The van der Waals surface area contributed by atoms with Crippen LogP contribution in [0.15, 0.2) is 22.7 Å². The molecule has 0 unspecified atom stereocenters. The van der Waals surface area contributed by atoms with E-state index in [1.54, 1.807) is 17.8 Å². The second-order valence-electron chi connectivity index (χ2n) is 7.09. The van der Waals surface area contributed by atoms with Crippen LogP contribution in [0.5, 0.6) is 0 Å². The SMILES string of the molecule is Cc1noc(C)c1CSCC(=O)NCC1(c2ccc(Cl)cc2Cl)CCOCC1. The second kappa shape index (κ2) is 9.53. The molecule has 1 fully saturated rings. The number of nitrogens with one attached hydrogen (secondary N) is 1. The van der Waals surface area contributed by atoms with Crippen LogP contribution in [0.25, 0.3) is 0 Å². The van der Waals surface area contributed by atoms with Crippen LogP contribution < -0.4 is 5.32 Å². The third-order valence-electron chi connectivity index (χ3n) is 5.24. The highest BCUT2D eigenvalue weighted by atomic mass is 35.5. The Hall–Kier alpha value is -1.21. The first-order valence-electron chi connectivity index (χ1n) is 9.21. The molecule has 0 bridgehead atoms. The van der Waals surface area contributed by atoms with Crippen LogP contribution in [-0.4, -0.2) is 36.6 Å². The van der Waals surface area contributed by atoms with Crippen molar-refractivity contribution in [3.05, 3.63) is 50.8 Å². The van der Waals surface area contributed by atoms with Gasteiger partial charge < -0.3 is 14.6 Å². The van der Waals surface area contributed by atoms with Gasteiger partial charge in [-0.25, -0.2) is 0 Å². The molecule has 0 aliphatic carbocycles. The first-order chi connectivity index (χ1) is 13.4. The minimum atomic E-state index is -0.234. The summed E-state index contributed by atoms with van der Waals surface area (Å²) in [6, 6.07) is 5.58. The Morgan fingerprint density at radius 1 is 1.29 bits per heavy atom. The first-order valence-corrected chi connectivity index (χ1v) is 11.1. The maximum Gasteiger partial charge on any atom is 0.230 e. The van der Waals surface area contributed by atoms with Gasteiger partial charge in [-0.3, -0.25) is 4.79 Å². The quantitative estimate of drug-likeness (QED) is 0.672. The Morgan fingerprint density at radius 3 is 2.68 bits per heavy atom. The molecule has 1 amide bonds. The molecule has 3 rings (SSSR count). The topological polar surface area (TPSA) is 64.4 Å². The van der Waals surface area contributed by atoms with Gasteiger partial charge in [0, 0.05) is 46.5 Å². The van der Waals surface area contributed by atoms with E-state index in [1.165, 1.54) is 0 Å². The minimum Gasteiger partial charge on any atom is -0.381 e. The van der Waals surface area contributed by atoms with Gasteiger partial charge in [0.1, 0.15) is 5.76 Å². The zero-order chi connectivity index (χ0) is 20.1. The van der Waals surface area contributed by atoms with Gasteiger partial charge in [0.25, 0.3) is 0 Å². The molecule has 152 valence electrons. The Balaban J connectivity index is 1.60. The lowest BCUT2D eigenvalue weighted by Gasteiger charge is -2.38. The third-order valence-corrected chi connectivity index (χ3v) is 6.74. The van der Waals surface area contributed by atoms with E-state index >= 15 is 0 Å². The van der Waals surface area contributed by atoms with Crippen LogP contribution in [-0.2, 0) is 20.7 Å². The fourth-order valence-corrected chi connectivity index (χ4v) is 5.11. The van der Waals surface area contributed by atoms with Crippen LogP contribution >= 0.6 is 35.0 Å². The molecule has 2 heterocycles. The number of aromatic nitrogens is 1. The molecule has 28 heavy (non-hydrogen) atoms. The third kappa shape index (κ3) is 5.03. The molecule has 1 aliphatic rings. The Bertz CT molecular complexity index is 815. The van der Waals surface area contributed by atoms with E-state index in [0.717, 1.165) is 35.4 Å². The van der Waals surface area contributed by atoms with Crippen LogP contribution in [0, 0.1) is 13.8 Å². The summed E-state index contributed by atoms with van der Waals surface area (Å²) in [7, 11) is 0. The van der Waals surface area contributed by atoms with Crippen molar-refractivity contribution in [3.8, 4) is 0 Å². The smallest absolute Gasteiger partial charge is 0.230 e. The van der Waals surface area contributed by atoms with E-state index in [2.05, 4.69) is 10.5 Å². The van der Waals surface area contributed by atoms with E-state index in [1.807, 2.05) is 26.0 Å². The average molecular weight is 443 g/mol. The fourth-order valence-electron chi connectivity index (χ4n) is 3.50. The van der Waals surface area contributed by atoms with Gasteiger partial charge in [-0.05, 0) is 44.4 Å². The zero-order valence-electron chi connectivity index (χ0n) is 16.0. The van der Waals surface area contributed by atoms with Crippen molar-refractivity contribution in [1.82, 2.24) is 10.5 Å². The monoisotopic (exact) mass is 442 g/mol. The Kier molecular flexibility index (Phi) is 7.31. The number of ether oxygens (including phenoxy) is 1. The van der Waals surface area contributed by atoms with Gasteiger partial charge in [0.15, 0.2) is 0 Å². The van der Waals surface area contributed by atoms with Crippen molar-refractivity contribution >= 4 is 40.9 Å². The van der Waals surface area contributed by atoms with Crippen molar-refractivity contribution in [2.45, 2.75) is 37.9 Å². The normalized spacial score (nSPS) is 16.1. The van der Waals surface area contributed by atoms with Crippen LogP contribution in [0.1, 0.15) is 35.4 Å². The van der Waals surface area contributed by atoms with E-state index in [9.17, 15) is 4.79 Å². The largest absolute Gasteiger partial charge is 0.381 e. The summed E-state index contributed by atoms with van der Waals surface area (Å²) in [5, 5.41) is 8.29. The number of carbonyl (C=O) groups is 1. The lowest BCUT2D eigenvalue weighted by molar-refractivity contribution is -0.119. The van der Waals surface area contributed by atoms with Gasteiger partial charge in [0.2, 0.25) is 5.91 Å². The summed E-state index contributed by atoms with van der Waals surface area (Å²) in [5.74, 6) is 1.90. The van der Waals surface area contributed by atoms with Gasteiger partial charge in [-0.15, -0.1) is 11.8 Å². The van der Waals surface area contributed by atoms with Crippen molar-refractivity contribution in [1.29, 1.82) is 0 Å². The predicted molar refractivity (Wildman–Crippen MR) is 113 cm³/mol. The van der Waals surface area contributed by atoms with Gasteiger partial charge in [-0.2, -0.15) is 0 Å². The van der Waals surface area contributed by atoms with E-state index in [-0.39, 0.29) is 11.3 Å². The summed E-state index contributed by atoms with van der Waals surface area (Å²) < 4.78 is 10.7. The molecule has 8 heteroatoms. The zero-order valence-corrected chi connectivity index (χ0v) is 18.3. The average Bonchev–Trinajstić information content (AvgIpc) is 2.99. The lowest BCUT2D eigenvalue weighted by atomic mass is 9.74. The number of carbonyl (C=O) groups excluding carboxylic acids is 1. The molecule has 1 saturated heterocycles. The molecule has 5 nitrogen and oxygen atoms in total. The summed E-state index contributed by atoms with van der Waals surface area (Å²) in [5.41, 5.74) is 2.73. The number of rotatable bonds is 7. The first kappa shape index (κ1) is 21.5. The maximum absolute atomic E-state index is 12.4. The number of hydrogen-bond donors (Lipinski definition) is 1. The molecule has 0 radical (unpaired) electrons. The highest BCUT2D eigenvalue weighted by molar-refractivity contribution is 7.99. The second-order valence-corrected chi connectivity index (χ2v) is 8.92. The maximum atomic E-state index is 12.4. The molecule has 0 spiro atoms. The summed E-state index contributed by atoms with van der Waals surface area (Å²) >= 11 is 14.1. The Morgan fingerprint density at radius 2 is 2.04 bits per heavy atom. The van der Waals surface area contributed by atoms with Crippen LogP contribution in [0.4, 0.5) is 0 Å². The van der Waals surface area contributed by atoms with Crippen molar-refractivity contribution < 1.29 is 14.1 Å². The standard InChI is InChI=1S/C20H24Cl2N2O3S/c1-13-16(14(2)27-24-13)10-28-11-19(25)23-12-20(5-7-26-8-6-20)17-4-3-15(21)9-18(17)22/h3-4,9H,5-8,10-12H2,1-2H3,(H,23,25). The molecule has 1 aliphatic heterocycles. The number of nitrogens with zero attached hydrogens (tertiary/aromatic N) is 1. The molecule has 1 aromatic heterocycles. The minimum absolute atomic E-state index is 0.00714. The molecule has 2 aromatic rings. The molecule has 0 saturated carbocycles. The number of aryl methyl sites for hydroxylation is 2. The van der Waals surface area contributed by atoms with Gasteiger partial charge in [-0.1, -0.05) is 34.4 Å². The van der Waals surface area contributed by atoms with E-state index < -0.39 is 0 Å². The van der Waals surface area contributed by atoms with Crippen molar-refractivity contribution in [3.63, 3.8) is 0 Å². The van der Waals surface area contributed by atoms with Gasteiger partial charge in [0.05, 0.1) is 11.4 Å². The fraction of sp³-hybridized carbons (Fsp3) is 0.500. The predicted octanol–water partition coefficient (Wildman–Crippen LogP) is 4.70. The van der Waals surface area contributed by atoms with Gasteiger partial charge >= 0.3 is 0 Å². The van der Waals surface area contributed by atoms with E-state index in [4.69, 9.17) is 32.5 Å². The summed E-state index contributed by atoms with van der Waals surface area (Å²) in [6.45, 7) is 5.63. The van der Waals surface area contributed by atoms with Crippen molar-refractivity contribution in [2.75, 3.05) is 25.5 Å². The summed E-state index contributed by atoms with van der Waals surface area (Å²) in [4.78, 5) is 12.4. The number of benzene rings is 1. The molecule has 0 atom stereocenters. The number of hydrogen-bond acceptors (Lipinski definition) is 5.